The standard InChI is InChI=1S/C17H27N3O.ClH/c1-13-5-6-16(14(2)10-13)19-17(21)12-20-9-3-4-15(11-20)7-8-18;/h5-6,10,15H,3-4,7-9,11-12,18H2,1-2H3,(H,19,21);1H. The average Bonchev–Trinajstić information content (AvgIpc) is 2.43. The minimum absolute atomic E-state index is 0. The van der Waals surface area contributed by atoms with Crippen LogP contribution in [0, 0.1) is 19.8 Å². The maximum atomic E-state index is 12.2. The molecule has 5 heteroatoms. The Hall–Kier alpha value is -1.10. The van der Waals surface area contributed by atoms with Crippen molar-refractivity contribution in [1.29, 1.82) is 0 Å². The van der Waals surface area contributed by atoms with Gasteiger partial charge in [-0.25, -0.2) is 0 Å². The zero-order chi connectivity index (χ0) is 15.2. The topological polar surface area (TPSA) is 58.4 Å². The van der Waals surface area contributed by atoms with Crippen molar-refractivity contribution < 1.29 is 4.79 Å². The van der Waals surface area contributed by atoms with Crippen molar-refractivity contribution in [2.45, 2.75) is 33.1 Å². The minimum Gasteiger partial charge on any atom is -0.330 e. The Bertz CT molecular complexity index is 491. The Morgan fingerprint density at radius 3 is 2.86 bits per heavy atom. The lowest BCUT2D eigenvalue weighted by Gasteiger charge is -2.32. The van der Waals surface area contributed by atoms with Crippen LogP contribution in [0.15, 0.2) is 18.2 Å². The van der Waals surface area contributed by atoms with Gasteiger partial charge in [0, 0.05) is 12.2 Å². The third-order valence-corrected chi connectivity index (χ3v) is 4.20. The summed E-state index contributed by atoms with van der Waals surface area (Å²) >= 11 is 0. The third kappa shape index (κ3) is 5.59. The van der Waals surface area contributed by atoms with Crippen molar-refractivity contribution in [3.05, 3.63) is 29.3 Å². The highest BCUT2D eigenvalue weighted by Crippen LogP contribution is 2.19. The lowest BCUT2D eigenvalue weighted by Crippen LogP contribution is -2.41. The summed E-state index contributed by atoms with van der Waals surface area (Å²) in [6.45, 7) is 7.32. The number of amides is 1. The number of benzene rings is 1. The molecule has 0 bridgehead atoms. The molecule has 3 N–H and O–H groups in total. The predicted molar refractivity (Wildman–Crippen MR) is 94.6 cm³/mol. The van der Waals surface area contributed by atoms with Crippen LogP contribution in [-0.2, 0) is 4.79 Å². The van der Waals surface area contributed by atoms with Gasteiger partial charge in [0.25, 0.3) is 0 Å². The van der Waals surface area contributed by atoms with E-state index in [1.165, 1.54) is 18.4 Å². The van der Waals surface area contributed by atoms with E-state index in [1.807, 2.05) is 19.1 Å². The highest BCUT2D eigenvalue weighted by molar-refractivity contribution is 5.93. The molecular formula is C17H28ClN3O. The summed E-state index contributed by atoms with van der Waals surface area (Å²) in [6, 6.07) is 6.10. The number of nitrogens with zero attached hydrogens (tertiary/aromatic N) is 1. The van der Waals surface area contributed by atoms with Crippen LogP contribution in [0.4, 0.5) is 5.69 Å². The van der Waals surface area contributed by atoms with E-state index in [4.69, 9.17) is 5.73 Å². The Morgan fingerprint density at radius 2 is 2.18 bits per heavy atom. The minimum atomic E-state index is 0. The lowest BCUT2D eigenvalue weighted by atomic mass is 9.95. The summed E-state index contributed by atoms with van der Waals surface area (Å²) in [5.41, 5.74) is 8.88. The molecule has 1 aliphatic heterocycles. The van der Waals surface area contributed by atoms with E-state index in [0.717, 1.165) is 37.3 Å². The first-order chi connectivity index (χ1) is 10.1. The number of halogens is 1. The molecule has 4 nitrogen and oxygen atoms in total. The zero-order valence-electron chi connectivity index (χ0n) is 13.6. The number of likely N-dealkylation sites (tertiary alicyclic amines) is 1. The van der Waals surface area contributed by atoms with Crippen LogP contribution in [0.3, 0.4) is 0 Å². The van der Waals surface area contributed by atoms with E-state index in [9.17, 15) is 4.79 Å². The summed E-state index contributed by atoms with van der Waals surface area (Å²) in [4.78, 5) is 14.5. The summed E-state index contributed by atoms with van der Waals surface area (Å²) in [5.74, 6) is 0.730. The van der Waals surface area contributed by atoms with Gasteiger partial charge in [0.2, 0.25) is 5.91 Å². The van der Waals surface area contributed by atoms with Gasteiger partial charge in [-0.2, -0.15) is 0 Å². The molecule has 0 saturated carbocycles. The second-order valence-electron chi connectivity index (χ2n) is 6.19. The van der Waals surface area contributed by atoms with E-state index in [1.54, 1.807) is 0 Å². The van der Waals surface area contributed by atoms with Crippen molar-refractivity contribution >= 4 is 24.0 Å². The molecule has 0 aromatic heterocycles. The van der Waals surface area contributed by atoms with E-state index in [2.05, 4.69) is 23.2 Å². The average molecular weight is 326 g/mol. The number of nitrogens with one attached hydrogen (secondary N) is 1. The SMILES string of the molecule is Cc1ccc(NC(=O)CN2CCCC(CCN)C2)c(C)c1.Cl. The van der Waals surface area contributed by atoms with Crippen LogP contribution >= 0.6 is 12.4 Å². The Morgan fingerprint density at radius 1 is 1.41 bits per heavy atom. The first kappa shape index (κ1) is 18.9. The molecule has 0 aliphatic carbocycles. The number of piperidine rings is 1. The van der Waals surface area contributed by atoms with E-state index < -0.39 is 0 Å². The highest BCUT2D eigenvalue weighted by Gasteiger charge is 2.21. The molecule has 1 aromatic rings. The molecule has 1 fully saturated rings. The molecule has 0 spiro atoms. The fraction of sp³-hybridized carbons (Fsp3) is 0.588. The van der Waals surface area contributed by atoms with Gasteiger partial charge in [0.15, 0.2) is 0 Å². The maximum absolute atomic E-state index is 12.2. The van der Waals surface area contributed by atoms with Crippen LogP contribution < -0.4 is 11.1 Å². The first-order valence-electron chi connectivity index (χ1n) is 7.88. The molecule has 1 atom stereocenters. The number of aryl methyl sites for hydroxylation is 2. The van der Waals surface area contributed by atoms with Gasteiger partial charge in [-0.05, 0) is 63.7 Å². The Kier molecular flexibility index (Phi) is 7.87. The molecule has 2 rings (SSSR count). The largest absolute Gasteiger partial charge is 0.330 e. The van der Waals surface area contributed by atoms with Crippen LogP contribution in [0.25, 0.3) is 0 Å². The lowest BCUT2D eigenvalue weighted by molar-refractivity contribution is -0.117. The molecule has 1 aliphatic rings. The quantitative estimate of drug-likeness (QED) is 0.875. The van der Waals surface area contributed by atoms with Crippen LogP contribution in [0.5, 0.6) is 0 Å². The number of nitrogens with two attached hydrogens (primary N) is 1. The van der Waals surface area contributed by atoms with Crippen molar-refractivity contribution in [2.24, 2.45) is 11.7 Å². The molecule has 1 amide bonds. The van der Waals surface area contributed by atoms with Crippen LogP contribution in [0.1, 0.15) is 30.4 Å². The van der Waals surface area contributed by atoms with Gasteiger partial charge in [0.05, 0.1) is 6.54 Å². The van der Waals surface area contributed by atoms with Gasteiger partial charge >= 0.3 is 0 Å². The monoisotopic (exact) mass is 325 g/mol. The van der Waals surface area contributed by atoms with Gasteiger partial charge < -0.3 is 11.1 Å². The molecule has 1 unspecified atom stereocenters. The number of carbonyl (C=O) groups excluding carboxylic acids is 1. The summed E-state index contributed by atoms with van der Waals surface area (Å²) < 4.78 is 0. The zero-order valence-corrected chi connectivity index (χ0v) is 14.4. The van der Waals surface area contributed by atoms with Crippen molar-refractivity contribution in [2.75, 3.05) is 31.5 Å². The Labute approximate surface area is 139 Å². The highest BCUT2D eigenvalue weighted by atomic mass is 35.5. The van der Waals surface area contributed by atoms with Crippen molar-refractivity contribution in [1.82, 2.24) is 4.90 Å². The molecule has 1 saturated heterocycles. The Balaban J connectivity index is 0.00000242. The summed E-state index contributed by atoms with van der Waals surface area (Å²) in [7, 11) is 0. The first-order valence-corrected chi connectivity index (χ1v) is 7.88. The van der Waals surface area contributed by atoms with Gasteiger partial charge in [0.1, 0.15) is 0 Å². The molecule has 0 radical (unpaired) electrons. The fourth-order valence-electron chi connectivity index (χ4n) is 3.11. The molecule has 22 heavy (non-hydrogen) atoms. The maximum Gasteiger partial charge on any atom is 0.238 e. The number of hydrogen-bond donors (Lipinski definition) is 2. The molecule has 1 aromatic carbocycles. The number of carbonyl (C=O) groups is 1. The van der Waals surface area contributed by atoms with Gasteiger partial charge in [-0.1, -0.05) is 17.7 Å². The molecule has 1 heterocycles. The smallest absolute Gasteiger partial charge is 0.238 e. The van der Waals surface area contributed by atoms with Gasteiger partial charge in [-0.15, -0.1) is 12.4 Å². The molecule has 124 valence electrons. The third-order valence-electron chi connectivity index (χ3n) is 4.20. The predicted octanol–water partition coefficient (Wildman–Crippen LogP) is 2.72. The normalized spacial score (nSPS) is 18.6. The second-order valence-corrected chi connectivity index (χ2v) is 6.19. The number of rotatable bonds is 5. The molecular weight excluding hydrogens is 298 g/mol. The fourth-order valence-corrected chi connectivity index (χ4v) is 3.11. The summed E-state index contributed by atoms with van der Waals surface area (Å²) in [5, 5.41) is 3.03. The number of hydrogen-bond acceptors (Lipinski definition) is 3. The summed E-state index contributed by atoms with van der Waals surface area (Å²) in [6.07, 6.45) is 3.48. The van der Waals surface area contributed by atoms with Crippen molar-refractivity contribution in [3.8, 4) is 0 Å². The second kappa shape index (κ2) is 9.13. The van der Waals surface area contributed by atoms with Crippen LogP contribution in [-0.4, -0.2) is 37.0 Å². The van der Waals surface area contributed by atoms with E-state index in [-0.39, 0.29) is 18.3 Å². The number of anilines is 1. The van der Waals surface area contributed by atoms with Crippen LogP contribution in [0.2, 0.25) is 0 Å². The van der Waals surface area contributed by atoms with Crippen molar-refractivity contribution in [3.63, 3.8) is 0 Å². The van der Waals surface area contributed by atoms with E-state index >= 15 is 0 Å². The van der Waals surface area contributed by atoms with Gasteiger partial charge in [-0.3, -0.25) is 9.69 Å². The van der Waals surface area contributed by atoms with E-state index in [0.29, 0.717) is 12.5 Å².